The molecule has 4 nitrogen and oxygen atoms in total. The maximum Gasteiger partial charge on any atom is 0.349 e. The first-order chi connectivity index (χ1) is 7.67. The van der Waals surface area contributed by atoms with Gasteiger partial charge in [0, 0.05) is 11.6 Å². The Morgan fingerprint density at radius 3 is 2.75 bits per heavy atom. The quantitative estimate of drug-likeness (QED) is 0.778. The normalized spacial score (nSPS) is 11.9. The molecule has 1 atom stereocenters. The molecule has 5 heteroatoms. The second-order valence-electron chi connectivity index (χ2n) is 3.04. The molecule has 0 amide bonds. The zero-order valence-corrected chi connectivity index (χ0v) is 10.7. The van der Waals surface area contributed by atoms with Gasteiger partial charge in [-0.1, -0.05) is 22.0 Å². The van der Waals surface area contributed by atoms with E-state index in [1.54, 1.807) is 12.1 Å². The molecule has 0 aliphatic heterocycles. The standard InChI is InChI=1S/C11H13BrO4/c1-14-7-10(11(13)15-2)16-9-5-3-4-8(12)6-9/h3-6,10H,7H2,1-2H3. The van der Waals surface area contributed by atoms with Gasteiger partial charge in [-0.15, -0.1) is 0 Å². The van der Waals surface area contributed by atoms with Gasteiger partial charge in [0.05, 0.1) is 13.7 Å². The minimum atomic E-state index is -0.746. The maximum absolute atomic E-state index is 11.4. The Labute approximate surface area is 103 Å². The van der Waals surface area contributed by atoms with E-state index in [2.05, 4.69) is 20.7 Å². The number of halogens is 1. The van der Waals surface area contributed by atoms with Crippen LogP contribution in [0.3, 0.4) is 0 Å². The Balaban J connectivity index is 2.71. The Morgan fingerprint density at radius 1 is 1.44 bits per heavy atom. The lowest BCUT2D eigenvalue weighted by atomic mass is 10.3. The van der Waals surface area contributed by atoms with Crippen LogP contribution in [-0.2, 0) is 14.3 Å². The van der Waals surface area contributed by atoms with Crippen molar-refractivity contribution in [1.82, 2.24) is 0 Å². The molecule has 0 spiro atoms. The van der Waals surface area contributed by atoms with Crippen molar-refractivity contribution >= 4 is 21.9 Å². The van der Waals surface area contributed by atoms with E-state index in [-0.39, 0.29) is 6.61 Å². The van der Waals surface area contributed by atoms with Gasteiger partial charge in [-0.25, -0.2) is 4.79 Å². The van der Waals surface area contributed by atoms with Crippen LogP contribution in [0.1, 0.15) is 0 Å². The van der Waals surface area contributed by atoms with Crippen molar-refractivity contribution < 1.29 is 19.0 Å². The lowest BCUT2D eigenvalue weighted by Gasteiger charge is -2.16. The summed E-state index contributed by atoms with van der Waals surface area (Å²) < 4.78 is 15.8. The fraction of sp³-hybridized carbons (Fsp3) is 0.364. The predicted octanol–water partition coefficient (Wildman–Crippen LogP) is 2.02. The highest BCUT2D eigenvalue weighted by atomic mass is 79.9. The third-order valence-electron chi connectivity index (χ3n) is 1.86. The Bertz CT molecular complexity index is 354. The molecule has 0 aliphatic carbocycles. The molecule has 0 saturated heterocycles. The summed E-state index contributed by atoms with van der Waals surface area (Å²) in [5, 5.41) is 0. The molecule has 1 unspecified atom stereocenters. The van der Waals surface area contributed by atoms with Crippen molar-refractivity contribution in [2.24, 2.45) is 0 Å². The van der Waals surface area contributed by atoms with E-state index in [1.807, 2.05) is 12.1 Å². The van der Waals surface area contributed by atoms with Crippen molar-refractivity contribution in [2.75, 3.05) is 20.8 Å². The lowest BCUT2D eigenvalue weighted by molar-refractivity contribution is -0.151. The van der Waals surface area contributed by atoms with Gasteiger partial charge in [-0.3, -0.25) is 0 Å². The van der Waals surface area contributed by atoms with Crippen LogP contribution in [0, 0.1) is 0 Å². The molecule has 88 valence electrons. The number of methoxy groups -OCH3 is 2. The molecule has 1 aromatic carbocycles. The fourth-order valence-corrected chi connectivity index (χ4v) is 1.52. The lowest BCUT2D eigenvalue weighted by Crippen LogP contribution is -2.32. The number of rotatable bonds is 5. The maximum atomic E-state index is 11.4. The van der Waals surface area contributed by atoms with Crippen LogP contribution in [0.15, 0.2) is 28.7 Å². The van der Waals surface area contributed by atoms with Crippen molar-refractivity contribution in [3.63, 3.8) is 0 Å². The zero-order valence-electron chi connectivity index (χ0n) is 9.10. The van der Waals surface area contributed by atoms with Crippen LogP contribution in [-0.4, -0.2) is 32.9 Å². The zero-order chi connectivity index (χ0) is 12.0. The van der Waals surface area contributed by atoms with E-state index >= 15 is 0 Å². The highest BCUT2D eigenvalue weighted by molar-refractivity contribution is 9.10. The molecule has 1 aromatic rings. The van der Waals surface area contributed by atoms with Crippen LogP contribution in [0.4, 0.5) is 0 Å². The summed E-state index contributed by atoms with van der Waals surface area (Å²) in [6, 6.07) is 7.22. The average Bonchev–Trinajstić information content (AvgIpc) is 2.27. The number of carbonyl (C=O) groups is 1. The highest BCUT2D eigenvalue weighted by Gasteiger charge is 2.20. The van der Waals surface area contributed by atoms with Gasteiger partial charge in [-0.05, 0) is 18.2 Å². The Kier molecular flexibility index (Phi) is 5.28. The van der Waals surface area contributed by atoms with Crippen LogP contribution in [0.5, 0.6) is 5.75 Å². The minimum Gasteiger partial charge on any atom is -0.476 e. The molecule has 0 fully saturated rings. The van der Waals surface area contributed by atoms with Crippen LogP contribution in [0.2, 0.25) is 0 Å². The first-order valence-electron chi connectivity index (χ1n) is 4.66. The van der Waals surface area contributed by atoms with Crippen molar-refractivity contribution in [1.29, 1.82) is 0 Å². The number of hydrogen-bond acceptors (Lipinski definition) is 4. The van der Waals surface area contributed by atoms with Gasteiger partial charge in [0.25, 0.3) is 0 Å². The molecule has 0 radical (unpaired) electrons. The van der Waals surface area contributed by atoms with Crippen LogP contribution in [0.25, 0.3) is 0 Å². The smallest absolute Gasteiger partial charge is 0.349 e. The molecule has 0 N–H and O–H groups in total. The van der Waals surface area contributed by atoms with Gasteiger partial charge in [0.2, 0.25) is 6.10 Å². The summed E-state index contributed by atoms with van der Waals surface area (Å²) in [5.74, 6) is 0.128. The van der Waals surface area contributed by atoms with E-state index in [1.165, 1.54) is 14.2 Å². The van der Waals surface area contributed by atoms with Gasteiger partial charge < -0.3 is 14.2 Å². The van der Waals surface area contributed by atoms with Crippen molar-refractivity contribution in [3.05, 3.63) is 28.7 Å². The molecular weight excluding hydrogens is 276 g/mol. The number of ether oxygens (including phenoxy) is 3. The topological polar surface area (TPSA) is 44.8 Å². The fourth-order valence-electron chi connectivity index (χ4n) is 1.14. The second kappa shape index (κ2) is 6.50. The van der Waals surface area contributed by atoms with Gasteiger partial charge in [0.1, 0.15) is 5.75 Å². The summed E-state index contributed by atoms with van der Waals surface area (Å²) in [6.45, 7) is 0.152. The van der Waals surface area contributed by atoms with Gasteiger partial charge >= 0.3 is 5.97 Å². The SMILES string of the molecule is COCC(Oc1cccc(Br)c1)C(=O)OC. The molecule has 0 saturated carbocycles. The van der Waals surface area contributed by atoms with E-state index in [0.717, 1.165) is 4.47 Å². The molecule has 0 heterocycles. The number of esters is 1. The molecule has 0 aromatic heterocycles. The van der Waals surface area contributed by atoms with Crippen LogP contribution >= 0.6 is 15.9 Å². The Morgan fingerprint density at radius 2 is 2.19 bits per heavy atom. The second-order valence-corrected chi connectivity index (χ2v) is 3.96. The first-order valence-corrected chi connectivity index (χ1v) is 5.45. The third kappa shape index (κ3) is 3.83. The monoisotopic (exact) mass is 288 g/mol. The molecule has 0 bridgehead atoms. The summed E-state index contributed by atoms with van der Waals surface area (Å²) in [7, 11) is 2.81. The number of benzene rings is 1. The van der Waals surface area contributed by atoms with E-state index in [4.69, 9.17) is 9.47 Å². The van der Waals surface area contributed by atoms with Crippen LogP contribution < -0.4 is 4.74 Å². The van der Waals surface area contributed by atoms with Crippen molar-refractivity contribution in [2.45, 2.75) is 6.10 Å². The summed E-state index contributed by atoms with van der Waals surface area (Å²) in [5.41, 5.74) is 0. The molecular formula is C11H13BrO4. The summed E-state index contributed by atoms with van der Waals surface area (Å²) >= 11 is 3.32. The summed E-state index contributed by atoms with van der Waals surface area (Å²) in [6.07, 6.45) is -0.746. The first kappa shape index (κ1) is 13.0. The number of hydrogen-bond donors (Lipinski definition) is 0. The predicted molar refractivity (Wildman–Crippen MR) is 62.5 cm³/mol. The van der Waals surface area contributed by atoms with Crippen molar-refractivity contribution in [3.8, 4) is 5.75 Å². The largest absolute Gasteiger partial charge is 0.476 e. The van der Waals surface area contributed by atoms with E-state index < -0.39 is 12.1 Å². The minimum absolute atomic E-state index is 0.152. The summed E-state index contributed by atoms with van der Waals surface area (Å²) in [4.78, 5) is 11.4. The highest BCUT2D eigenvalue weighted by Crippen LogP contribution is 2.19. The molecule has 1 rings (SSSR count). The number of carbonyl (C=O) groups excluding carboxylic acids is 1. The van der Waals surface area contributed by atoms with Gasteiger partial charge in [0.15, 0.2) is 0 Å². The molecule has 16 heavy (non-hydrogen) atoms. The average molecular weight is 289 g/mol. The Hall–Kier alpha value is -1.07. The van der Waals surface area contributed by atoms with E-state index in [0.29, 0.717) is 5.75 Å². The van der Waals surface area contributed by atoms with Gasteiger partial charge in [-0.2, -0.15) is 0 Å². The van der Waals surface area contributed by atoms with E-state index in [9.17, 15) is 4.79 Å². The molecule has 0 aliphatic rings. The third-order valence-corrected chi connectivity index (χ3v) is 2.35.